The molecule has 0 heterocycles. The summed E-state index contributed by atoms with van der Waals surface area (Å²) in [5, 5.41) is 8.90. The van der Waals surface area contributed by atoms with Crippen LogP contribution < -0.4 is 5.84 Å². The second-order valence-electron chi connectivity index (χ2n) is 3.63. The summed E-state index contributed by atoms with van der Waals surface area (Å²) in [6.07, 6.45) is 0.379. The molecule has 1 aliphatic rings. The number of hydrogen-bond acceptors (Lipinski definition) is 4. The predicted molar refractivity (Wildman–Crippen MR) is 51.4 cm³/mol. The molecular weight excluding hydrogens is 224 g/mol. The highest BCUT2D eigenvalue weighted by Gasteiger charge is 2.50. The molecule has 0 unspecified atom stereocenters. The van der Waals surface area contributed by atoms with E-state index in [1.165, 1.54) is 0 Å². The number of carbonyl (C=O) groups is 1. The maximum absolute atomic E-state index is 11.2. The summed E-state index contributed by atoms with van der Waals surface area (Å²) in [6.45, 7) is 0. The molecule has 88 valence electrons. The summed E-state index contributed by atoms with van der Waals surface area (Å²) < 4.78 is 31.5. The van der Waals surface area contributed by atoms with E-state index in [0.29, 0.717) is 12.8 Å². The average Bonchev–Trinajstić information content (AvgIpc) is 2.16. The smallest absolute Gasteiger partial charge is 0.423 e. The molecule has 1 amide bonds. The third kappa shape index (κ3) is 2.06. The second-order valence-corrected chi connectivity index (χ2v) is 5.34. The van der Waals surface area contributed by atoms with Gasteiger partial charge in [-0.1, -0.05) is 6.42 Å². The largest absolute Gasteiger partial charge is 0.464 e. The van der Waals surface area contributed by atoms with E-state index >= 15 is 0 Å². The molecule has 1 aliphatic carbocycles. The summed E-state index contributed by atoms with van der Waals surface area (Å²) in [7, 11) is -4.51. The number of hydrazine groups is 1. The fraction of sp³-hybridized carbons (Fsp3) is 0.857. The number of hydrogen-bond donors (Lipinski definition) is 3. The Kier molecular flexibility index (Phi) is 3.22. The van der Waals surface area contributed by atoms with Gasteiger partial charge in [-0.3, -0.25) is 4.55 Å². The molecule has 0 atom stereocenters. The summed E-state index contributed by atoms with van der Waals surface area (Å²) in [5.74, 6) is 5.21. The van der Waals surface area contributed by atoms with Crippen molar-refractivity contribution in [2.24, 2.45) is 5.84 Å². The van der Waals surface area contributed by atoms with Crippen LogP contribution in [0.2, 0.25) is 0 Å². The van der Waals surface area contributed by atoms with E-state index in [1.807, 2.05) is 0 Å². The highest BCUT2D eigenvalue weighted by atomic mass is 32.2. The van der Waals surface area contributed by atoms with Crippen LogP contribution in [0.25, 0.3) is 0 Å². The zero-order valence-electron chi connectivity index (χ0n) is 8.09. The van der Waals surface area contributed by atoms with Crippen LogP contribution >= 0.6 is 0 Å². The molecule has 0 bridgehead atoms. The normalized spacial score (nSPS) is 20.9. The minimum Gasteiger partial charge on any atom is -0.464 e. The van der Waals surface area contributed by atoms with Gasteiger partial charge in [-0.25, -0.2) is 15.6 Å². The van der Waals surface area contributed by atoms with Crippen molar-refractivity contribution < 1.29 is 22.9 Å². The minimum atomic E-state index is -4.51. The second kappa shape index (κ2) is 3.95. The van der Waals surface area contributed by atoms with Crippen LogP contribution in [-0.2, 0) is 10.1 Å². The Balaban J connectivity index is 3.12. The molecule has 0 spiro atoms. The topological polar surface area (TPSA) is 121 Å². The Morgan fingerprint density at radius 2 is 1.73 bits per heavy atom. The maximum atomic E-state index is 11.2. The van der Waals surface area contributed by atoms with Crippen LogP contribution in [0, 0.1) is 0 Å². The van der Waals surface area contributed by atoms with Crippen molar-refractivity contribution in [2.75, 3.05) is 0 Å². The van der Waals surface area contributed by atoms with Gasteiger partial charge in [-0.2, -0.15) is 8.42 Å². The maximum Gasteiger partial charge on any atom is 0.423 e. The molecule has 0 aliphatic heterocycles. The molecule has 7 nitrogen and oxygen atoms in total. The first-order chi connectivity index (χ1) is 6.81. The van der Waals surface area contributed by atoms with Gasteiger partial charge in [-0.05, 0) is 25.7 Å². The van der Waals surface area contributed by atoms with Crippen molar-refractivity contribution in [3.05, 3.63) is 0 Å². The SMILES string of the molecule is NN(C(=O)O)C1(S(=O)(=O)O)CCCCC1. The van der Waals surface area contributed by atoms with E-state index in [1.54, 1.807) is 0 Å². The van der Waals surface area contributed by atoms with E-state index in [2.05, 4.69) is 0 Å². The van der Waals surface area contributed by atoms with Crippen molar-refractivity contribution in [2.45, 2.75) is 37.0 Å². The van der Waals surface area contributed by atoms with Gasteiger partial charge in [0.1, 0.15) is 0 Å². The molecule has 1 rings (SSSR count). The third-order valence-electron chi connectivity index (χ3n) is 2.76. The lowest BCUT2D eigenvalue weighted by Gasteiger charge is -2.39. The lowest BCUT2D eigenvalue weighted by molar-refractivity contribution is 0.0878. The molecular formula is C7H14N2O5S. The van der Waals surface area contributed by atoms with E-state index in [9.17, 15) is 13.2 Å². The van der Waals surface area contributed by atoms with E-state index in [-0.39, 0.29) is 17.9 Å². The van der Waals surface area contributed by atoms with Crippen molar-refractivity contribution in [1.82, 2.24) is 5.01 Å². The van der Waals surface area contributed by atoms with Crippen molar-refractivity contribution in [3.63, 3.8) is 0 Å². The Labute approximate surface area is 87.6 Å². The molecule has 15 heavy (non-hydrogen) atoms. The van der Waals surface area contributed by atoms with Crippen molar-refractivity contribution in [1.29, 1.82) is 0 Å². The van der Waals surface area contributed by atoms with Gasteiger partial charge in [0.2, 0.25) is 0 Å². The zero-order chi connectivity index (χ0) is 11.7. The third-order valence-corrected chi connectivity index (χ3v) is 4.33. The molecule has 0 radical (unpaired) electrons. The van der Waals surface area contributed by atoms with E-state index < -0.39 is 21.1 Å². The molecule has 0 aromatic carbocycles. The lowest BCUT2D eigenvalue weighted by Crippen LogP contribution is -2.60. The quantitative estimate of drug-likeness (QED) is 0.277. The van der Waals surface area contributed by atoms with Crippen LogP contribution in [0.15, 0.2) is 0 Å². The highest BCUT2D eigenvalue weighted by molar-refractivity contribution is 7.87. The number of nitrogens with zero attached hydrogens (tertiary/aromatic N) is 1. The summed E-state index contributed by atoms with van der Waals surface area (Å²) >= 11 is 0. The molecule has 8 heteroatoms. The molecule has 1 saturated carbocycles. The van der Waals surface area contributed by atoms with Crippen LogP contribution in [0.5, 0.6) is 0 Å². The molecule has 4 N–H and O–H groups in total. The van der Waals surface area contributed by atoms with Crippen LogP contribution in [0.1, 0.15) is 32.1 Å². The predicted octanol–water partition coefficient (Wildman–Crippen LogP) is 0.388. The highest BCUT2D eigenvalue weighted by Crippen LogP contribution is 2.36. The Bertz CT molecular complexity index is 346. The minimum absolute atomic E-state index is 0.0363. The van der Waals surface area contributed by atoms with Gasteiger partial charge in [0.15, 0.2) is 4.87 Å². The Morgan fingerprint density at radius 3 is 2.07 bits per heavy atom. The van der Waals surface area contributed by atoms with Crippen LogP contribution in [0.3, 0.4) is 0 Å². The average molecular weight is 238 g/mol. The monoisotopic (exact) mass is 238 g/mol. The Morgan fingerprint density at radius 1 is 1.27 bits per heavy atom. The lowest BCUT2D eigenvalue weighted by atomic mass is 9.94. The number of amides is 1. The fourth-order valence-corrected chi connectivity index (χ4v) is 3.03. The summed E-state index contributed by atoms with van der Waals surface area (Å²) in [5.41, 5.74) is 0. The first-order valence-electron chi connectivity index (χ1n) is 4.56. The van der Waals surface area contributed by atoms with E-state index in [0.717, 1.165) is 6.42 Å². The van der Waals surface area contributed by atoms with Crippen LogP contribution in [-0.4, -0.2) is 34.1 Å². The Hall–Kier alpha value is -0.860. The first kappa shape index (κ1) is 12.2. The van der Waals surface area contributed by atoms with Gasteiger partial charge < -0.3 is 5.11 Å². The van der Waals surface area contributed by atoms with Gasteiger partial charge in [0.25, 0.3) is 10.1 Å². The summed E-state index contributed by atoms with van der Waals surface area (Å²) in [4.78, 5) is 8.81. The molecule has 0 saturated heterocycles. The number of carboxylic acid groups (broad SMARTS) is 1. The van der Waals surface area contributed by atoms with Gasteiger partial charge in [0.05, 0.1) is 0 Å². The molecule has 0 aromatic rings. The molecule has 0 aromatic heterocycles. The van der Waals surface area contributed by atoms with Gasteiger partial charge in [0, 0.05) is 0 Å². The van der Waals surface area contributed by atoms with Crippen molar-refractivity contribution in [3.8, 4) is 0 Å². The van der Waals surface area contributed by atoms with E-state index in [4.69, 9.17) is 15.5 Å². The fourth-order valence-electron chi connectivity index (χ4n) is 1.90. The zero-order valence-corrected chi connectivity index (χ0v) is 8.90. The number of nitrogens with two attached hydrogens (primary N) is 1. The summed E-state index contributed by atoms with van der Waals surface area (Å²) in [6, 6.07) is 0. The standard InChI is InChI=1S/C7H14N2O5S/c8-9(6(10)11)7(15(12,13)14)4-2-1-3-5-7/h1-5,8H2,(H,10,11)(H,12,13,14). The van der Waals surface area contributed by atoms with Gasteiger partial charge in [-0.15, -0.1) is 0 Å². The first-order valence-corrected chi connectivity index (χ1v) is 6.00. The van der Waals surface area contributed by atoms with Gasteiger partial charge >= 0.3 is 6.09 Å². The van der Waals surface area contributed by atoms with Crippen molar-refractivity contribution >= 4 is 16.2 Å². The van der Waals surface area contributed by atoms with Crippen LogP contribution in [0.4, 0.5) is 4.79 Å². The number of rotatable bonds is 2. The molecule has 1 fully saturated rings.